The molecule has 5 heteroatoms. The van der Waals surface area contributed by atoms with Crippen LogP contribution in [-0.2, 0) is 0 Å². The van der Waals surface area contributed by atoms with Crippen molar-refractivity contribution in [2.45, 2.75) is 86.5 Å². The molecule has 0 spiro atoms. The van der Waals surface area contributed by atoms with Gasteiger partial charge < -0.3 is 0 Å². The van der Waals surface area contributed by atoms with Gasteiger partial charge in [-0.2, -0.15) is 0 Å². The Morgan fingerprint density at radius 3 is 1.34 bits per heavy atom. The van der Waals surface area contributed by atoms with Crippen molar-refractivity contribution in [3.8, 4) is 0 Å². The minimum atomic E-state index is -1.65. The van der Waals surface area contributed by atoms with Crippen molar-refractivity contribution in [1.82, 2.24) is 18.7 Å². The van der Waals surface area contributed by atoms with E-state index in [1.165, 1.54) is 51.5 Å². The topological polar surface area (TPSA) is 13.0 Å². The molecule has 0 saturated carbocycles. The minimum absolute atomic E-state index is 0.441. The number of unbranched alkanes of at least 4 members (excludes halogenated alkanes) is 1. The highest BCUT2D eigenvalue weighted by Crippen LogP contribution is 2.65. The van der Waals surface area contributed by atoms with E-state index in [-0.39, 0.29) is 0 Å². The third kappa shape index (κ3) is 10.4. The zero-order valence-electron chi connectivity index (χ0n) is 22.5. The first-order valence-corrected chi connectivity index (χ1v) is 13.3. The lowest BCUT2D eigenvalue weighted by atomic mass is 9.85. The predicted molar refractivity (Wildman–Crippen MR) is 135 cm³/mol. The number of rotatable bonds is 13. The standard InChI is InChI=1S/C24H56N4P/c1-23(2,3)19-15-14-17-22(18-16-20-24(4,5)6)21-28(13)29(25(7)8,26(9)10)27(11)12/h22H,14-21H2,1-13H3/q+1. The summed E-state index contributed by atoms with van der Waals surface area (Å²) in [5.74, 6) is 0.779. The lowest BCUT2D eigenvalue weighted by molar-refractivity contribution is 0.271. The van der Waals surface area contributed by atoms with Crippen molar-refractivity contribution >= 4 is 7.87 Å². The zero-order chi connectivity index (χ0) is 23.0. The highest BCUT2D eigenvalue weighted by atomic mass is 31.2. The van der Waals surface area contributed by atoms with Gasteiger partial charge in [-0.15, -0.1) is 18.7 Å². The average molecular weight is 432 g/mol. The van der Waals surface area contributed by atoms with Crippen LogP contribution in [-0.4, -0.2) is 74.6 Å². The molecule has 29 heavy (non-hydrogen) atoms. The fourth-order valence-electron chi connectivity index (χ4n) is 4.81. The number of hydrogen-bond acceptors (Lipinski definition) is 4. The van der Waals surface area contributed by atoms with Crippen LogP contribution in [0.3, 0.4) is 0 Å². The summed E-state index contributed by atoms with van der Waals surface area (Å²) in [7, 11) is 14.1. The molecule has 0 bridgehead atoms. The Morgan fingerprint density at radius 2 is 0.966 bits per heavy atom. The molecule has 0 aliphatic carbocycles. The van der Waals surface area contributed by atoms with Crippen molar-refractivity contribution in [2.75, 3.05) is 55.9 Å². The van der Waals surface area contributed by atoms with Crippen molar-refractivity contribution in [1.29, 1.82) is 0 Å². The summed E-state index contributed by atoms with van der Waals surface area (Å²) in [5.41, 5.74) is 0.899. The fraction of sp³-hybridized carbons (Fsp3) is 1.00. The Bertz CT molecular complexity index is 413. The largest absolute Gasteiger partial charge is 0.306 e. The Kier molecular flexibility index (Phi) is 12.5. The Labute approximate surface area is 185 Å². The third-order valence-electron chi connectivity index (χ3n) is 5.92. The lowest BCUT2D eigenvalue weighted by Crippen LogP contribution is -2.46. The van der Waals surface area contributed by atoms with Gasteiger partial charge in [-0.3, -0.25) is 0 Å². The zero-order valence-corrected chi connectivity index (χ0v) is 23.4. The Morgan fingerprint density at radius 1 is 0.586 bits per heavy atom. The van der Waals surface area contributed by atoms with Crippen molar-refractivity contribution in [2.24, 2.45) is 16.7 Å². The van der Waals surface area contributed by atoms with Crippen molar-refractivity contribution < 1.29 is 0 Å². The minimum Gasteiger partial charge on any atom is -0.139 e. The second-order valence-electron chi connectivity index (χ2n) is 12.0. The van der Waals surface area contributed by atoms with Crippen LogP contribution in [0.4, 0.5) is 0 Å². The molecular weight excluding hydrogens is 375 g/mol. The number of hydrogen-bond donors (Lipinski definition) is 0. The van der Waals surface area contributed by atoms with Gasteiger partial charge in [-0.25, -0.2) is 0 Å². The van der Waals surface area contributed by atoms with Gasteiger partial charge in [-0.05, 0) is 42.4 Å². The van der Waals surface area contributed by atoms with Gasteiger partial charge >= 0.3 is 7.87 Å². The molecule has 0 amide bonds. The van der Waals surface area contributed by atoms with Gasteiger partial charge in [0, 0.05) is 55.9 Å². The second-order valence-corrected chi connectivity index (χ2v) is 16.2. The molecule has 0 saturated heterocycles. The van der Waals surface area contributed by atoms with Gasteiger partial charge in [0.2, 0.25) is 0 Å². The molecule has 0 rings (SSSR count). The SMILES string of the molecule is CN(C)[P+](N(C)C)(N(C)C)N(C)CC(CCCCC(C)(C)C)CCCC(C)(C)C. The molecule has 0 fully saturated rings. The smallest absolute Gasteiger partial charge is 0.139 e. The summed E-state index contributed by atoms with van der Waals surface area (Å²) < 4.78 is 10.00. The van der Waals surface area contributed by atoms with E-state index in [4.69, 9.17) is 0 Å². The molecule has 176 valence electrons. The van der Waals surface area contributed by atoms with Gasteiger partial charge in [-0.1, -0.05) is 60.8 Å². The summed E-state index contributed by atoms with van der Waals surface area (Å²) >= 11 is 0. The highest BCUT2D eigenvalue weighted by molar-refractivity contribution is 7.66. The molecule has 0 aliphatic rings. The van der Waals surface area contributed by atoms with Gasteiger partial charge in [0.15, 0.2) is 0 Å². The van der Waals surface area contributed by atoms with E-state index in [0.29, 0.717) is 10.8 Å². The van der Waals surface area contributed by atoms with E-state index < -0.39 is 7.87 Å². The maximum Gasteiger partial charge on any atom is 0.306 e. The van der Waals surface area contributed by atoms with Gasteiger partial charge in [0.25, 0.3) is 0 Å². The Hall–Kier alpha value is 0.270. The average Bonchev–Trinajstić information content (AvgIpc) is 2.48. The van der Waals surface area contributed by atoms with E-state index in [1.807, 2.05) is 0 Å². The summed E-state index contributed by atoms with van der Waals surface area (Å²) in [5, 5.41) is 0. The molecular formula is C24H56N4P+. The van der Waals surface area contributed by atoms with Gasteiger partial charge in [0.1, 0.15) is 0 Å². The van der Waals surface area contributed by atoms with Crippen LogP contribution < -0.4 is 0 Å². The second kappa shape index (κ2) is 12.3. The molecule has 0 heterocycles. The monoisotopic (exact) mass is 431 g/mol. The summed E-state index contributed by atoms with van der Waals surface area (Å²) in [6.07, 6.45) is 9.44. The number of nitrogens with zero attached hydrogens (tertiary/aromatic N) is 4. The molecule has 1 atom stereocenters. The molecule has 0 aromatic heterocycles. The summed E-state index contributed by atoms with van der Waals surface area (Å²) in [6, 6.07) is 0. The maximum absolute atomic E-state index is 2.67. The van der Waals surface area contributed by atoms with Crippen LogP contribution in [0.5, 0.6) is 0 Å². The summed E-state index contributed by atoms with van der Waals surface area (Å²) in [6.45, 7) is 15.4. The van der Waals surface area contributed by atoms with Crippen molar-refractivity contribution in [3.63, 3.8) is 0 Å². The van der Waals surface area contributed by atoms with Crippen LogP contribution in [0.25, 0.3) is 0 Å². The molecule has 0 radical (unpaired) electrons. The quantitative estimate of drug-likeness (QED) is 0.237. The summed E-state index contributed by atoms with van der Waals surface area (Å²) in [4.78, 5) is 0. The van der Waals surface area contributed by atoms with Gasteiger partial charge in [0.05, 0.1) is 0 Å². The molecule has 1 unspecified atom stereocenters. The van der Waals surface area contributed by atoms with Crippen LogP contribution in [0.15, 0.2) is 0 Å². The van der Waals surface area contributed by atoms with Crippen LogP contribution in [0, 0.1) is 16.7 Å². The van der Waals surface area contributed by atoms with Crippen LogP contribution >= 0.6 is 7.87 Å². The predicted octanol–water partition coefficient (Wildman–Crippen LogP) is 6.72. The van der Waals surface area contributed by atoms with Crippen LogP contribution in [0.2, 0.25) is 0 Å². The first kappa shape index (κ1) is 29.3. The van der Waals surface area contributed by atoms with Crippen LogP contribution in [0.1, 0.15) is 86.5 Å². The molecule has 0 aromatic rings. The first-order valence-electron chi connectivity index (χ1n) is 11.7. The van der Waals surface area contributed by atoms with E-state index in [1.54, 1.807) is 0 Å². The van der Waals surface area contributed by atoms with E-state index in [9.17, 15) is 0 Å². The molecule has 0 N–H and O–H groups in total. The van der Waals surface area contributed by atoms with E-state index >= 15 is 0 Å². The molecule has 4 nitrogen and oxygen atoms in total. The highest BCUT2D eigenvalue weighted by Gasteiger charge is 2.52. The molecule has 0 aliphatic heterocycles. The van der Waals surface area contributed by atoms with Crippen molar-refractivity contribution in [3.05, 3.63) is 0 Å². The van der Waals surface area contributed by atoms with E-state index in [2.05, 4.69) is 110 Å². The normalized spacial score (nSPS) is 15.2. The fourth-order valence-corrected chi connectivity index (χ4v) is 9.24. The third-order valence-corrected chi connectivity index (χ3v) is 10.2. The lowest BCUT2D eigenvalue weighted by Gasteiger charge is -2.45. The Balaban J connectivity index is 5.21. The first-order chi connectivity index (χ1) is 13.0. The molecule has 0 aromatic carbocycles. The van der Waals surface area contributed by atoms with E-state index in [0.717, 1.165) is 5.92 Å². The maximum atomic E-state index is 2.67.